The van der Waals surface area contributed by atoms with Gasteiger partial charge in [-0.15, -0.1) is 0 Å². The molecule has 180 valence electrons. The van der Waals surface area contributed by atoms with Gasteiger partial charge in [-0.05, 0) is 72.9 Å². The van der Waals surface area contributed by atoms with Crippen molar-refractivity contribution in [3.8, 4) is 16.9 Å². The summed E-state index contributed by atoms with van der Waals surface area (Å²) >= 11 is 0. The number of aromatic nitrogens is 1. The maximum atomic E-state index is 14.4. The molecule has 0 radical (unpaired) electrons. The topological polar surface area (TPSA) is 58.7 Å². The Morgan fingerprint density at radius 1 is 1.06 bits per heavy atom. The molecule has 1 aliphatic rings. The van der Waals surface area contributed by atoms with Gasteiger partial charge in [-0.2, -0.15) is 0 Å². The van der Waals surface area contributed by atoms with Crippen molar-refractivity contribution in [1.29, 1.82) is 0 Å². The van der Waals surface area contributed by atoms with E-state index in [1.807, 2.05) is 30.0 Å². The molecule has 4 aromatic rings. The molecule has 5 rings (SSSR count). The molecule has 35 heavy (non-hydrogen) atoms. The standard InChI is InChI=1S/C29H29FN2O3/c1-18-12-22(26-16-25(34-3)10-11-27(26)30)7-6-21(18)14-20-4-8-24(9-5-20)32-17-23(15-29(32)33)28-13-19(2)31-35-28/h4-13,16,23,29,33H,14-15,17H2,1-3H3. The fourth-order valence-corrected chi connectivity index (χ4v) is 4.81. The van der Waals surface area contributed by atoms with Gasteiger partial charge in [-0.3, -0.25) is 0 Å². The van der Waals surface area contributed by atoms with E-state index in [0.29, 0.717) is 24.3 Å². The van der Waals surface area contributed by atoms with Crippen LogP contribution in [0.1, 0.15) is 40.5 Å². The van der Waals surface area contributed by atoms with E-state index in [2.05, 4.69) is 42.4 Å². The van der Waals surface area contributed by atoms with Gasteiger partial charge in [-0.25, -0.2) is 4.39 Å². The Balaban J connectivity index is 1.29. The number of aliphatic hydroxyl groups excluding tert-OH is 1. The summed E-state index contributed by atoms with van der Waals surface area (Å²) in [7, 11) is 1.58. The second kappa shape index (κ2) is 9.55. The number of anilines is 1. The quantitative estimate of drug-likeness (QED) is 0.372. The van der Waals surface area contributed by atoms with Crippen molar-refractivity contribution in [3.63, 3.8) is 0 Å². The number of rotatable bonds is 6. The minimum Gasteiger partial charge on any atom is -0.497 e. The third-order valence-corrected chi connectivity index (χ3v) is 6.81. The van der Waals surface area contributed by atoms with Gasteiger partial charge in [0, 0.05) is 36.2 Å². The van der Waals surface area contributed by atoms with Crippen molar-refractivity contribution in [2.75, 3.05) is 18.6 Å². The van der Waals surface area contributed by atoms with Crippen molar-refractivity contribution < 1.29 is 18.8 Å². The van der Waals surface area contributed by atoms with Gasteiger partial charge in [0.2, 0.25) is 0 Å². The zero-order valence-electron chi connectivity index (χ0n) is 20.2. The van der Waals surface area contributed by atoms with E-state index in [4.69, 9.17) is 9.26 Å². The normalized spacial score (nSPS) is 17.7. The van der Waals surface area contributed by atoms with Crippen LogP contribution in [0.3, 0.4) is 0 Å². The zero-order valence-corrected chi connectivity index (χ0v) is 20.2. The lowest BCUT2D eigenvalue weighted by Crippen LogP contribution is -2.28. The molecule has 2 unspecified atom stereocenters. The molecule has 3 aromatic carbocycles. The molecular formula is C29H29FN2O3. The zero-order chi connectivity index (χ0) is 24.5. The third-order valence-electron chi connectivity index (χ3n) is 6.81. The number of ether oxygens (including phenoxy) is 1. The molecule has 1 fully saturated rings. The number of nitrogens with zero attached hydrogens (tertiary/aromatic N) is 2. The molecule has 0 amide bonds. The van der Waals surface area contributed by atoms with Gasteiger partial charge in [0.1, 0.15) is 23.6 Å². The van der Waals surface area contributed by atoms with E-state index in [1.54, 1.807) is 19.2 Å². The van der Waals surface area contributed by atoms with E-state index in [0.717, 1.165) is 34.7 Å². The van der Waals surface area contributed by atoms with E-state index >= 15 is 0 Å². The summed E-state index contributed by atoms with van der Waals surface area (Å²) in [6.07, 6.45) is 0.841. The summed E-state index contributed by atoms with van der Waals surface area (Å²) in [5.74, 6) is 1.32. The molecule has 0 bridgehead atoms. The molecule has 1 saturated heterocycles. The number of halogens is 1. The maximum Gasteiger partial charge on any atom is 0.142 e. The monoisotopic (exact) mass is 472 g/mol. The van der Waals surface area contributed by atoms with Crippen LogP contribution in [0, 0.1) is 19.7 Å². The Bertz CT molecular complexity index is 1330. The largest absolute Gasteiger partial charge is 0.497 e. The van der Waals surface area contributed by atoms with Gasteiger partial charge in [-0.1, -0.05) is 35.5 Å². The molecule has 1 aromatic heterocycles. The van der Waals surface area contributed by atoms with Crippen molar-refractivity contribution in [2.24, 2.45) is 0 Å². The summed E-state index contributed by atoms with van der Waals surface area (Å²) in [4.78, 5) is 2.01. The van der Waals surface area contributed by atoms with Crippen molar-refractivity contribution >= 4 is 5.69 Å². The Morgan fingerprint density at radius 2 is 1.86 bits per heavy atom. The van der Waals surface area contributed by atoms with Crippen LogP contribution in [0.15, 0.2) is 71.3 Å². The molecule has 5 nitrogen and oxygen atoms in total. The van der Waals surface area contributed by atoms with Gasteiger partial charge in [0.15, 0.2) is 0 Å². The van der Waals surface area contributed by atoms with Crippen molar-refractivity contribution in [1.82, 2.24) is 5.16 Å². The molecule has 1 aliphatic heterocycles. The molecule has 0 saturated carbocycles. The molecule has 2 atom stereocenters. The third kappa shape index (κ3) is 4.80. The predicted molar refractivity (Wildman–Crippen MR) is 134 cm³/mol. The van der Waals surface area contributed by atoms with Crippen LogP contribution >= 0.6 is 0 Å². The fraction of sp³-hybridized carbons (Fsp3) is 0.276. The van der Waals surface area contributed by atoms with Crippen molar-refractivity contribution in [3.05, 3.63) is 101 Å². The summed E-state index contributed by atoms with van der Waals surface area (Å²) in [5, 5.41) is 14.6. The SMILES string of the molecule is COc1ccc(F)c(-c2ccc(Cc3ccc(N4CC(c5cc(C)no5)CC4O)cc3)c(C)c2)c1. The van der Waals surface area contributed by atoms with Crippen LogP contribution in [0.25, 0.3) is 11.1 Å². The second-order valence-corrected chi connectivity index (χ2v) is 9.27. The Morgan fingerprint density at radius 3 is 2.54 bits per heavy atom. The van der Waals surface area contributed by atoms with Gasteiger partial charge in [0.05, 0.1) is 12.8 Å². The van der Waals surface area contributed by atoms with Gasteiger partial charge >= 0.3 is 0 Å². The first-order chi connectivity index (χ1) is 16.9. The highest BCUT2D eigenvalue weighted by Gasteiger charge is 2.33. The lowest BCUT2D eigenvalue weighted by Gasteiger charge is -2.23. The van der Waals surface area contributed by atoms with E-state index in [1.165, 1.54) is 17.2 Å². The predicted octanol–water partition coefficient (Wildman–Crippen LogP) is 6.01. The first-order valence-corrected chi connectivity index (χ1v) is 11.8. The Hall–Kier alpha value is -3.64. The van der Waals surface area contributed by atoms with Crippen LogP contribution in [0.4, 0.5) is 10.1 Å². The Kier molecular flexibility index (Phi) is 6.31. The highest BCUT2D eigenvalue weighted by Crippen LogP contribution is 2.35. The molecule has 6 heteroatoms. The smallest absolute Gasteiger partial charge is 0.142 e. The molecular weight excluding hydrogens is 443 g/mol. The van der Waals surface area contributed by atoms with E-state index in [-0.39, 0.29) is 11.7 Å². The number of aryl methyl sites for hydroxylation is 2. The minimum atomic E-state index is -0.553. The fourth-order valence-electron chi connectivity index (χ4n) is 4.81. The van der Waals surface area contributed by atoms with Crippen LogP contribution in [-0.2, 0) is 6.42 Å². The highest BCUT2D eigenvalue weighted by molar-refractivity contribution is 5.67. The number of aliphatic hydroxyl groups is 1. The lowest BCUT2D eigenvalue weighted by molar-refractivity contribution is 0.181. The summed E-state index contributed by atoms with van der Waals surface area (Å²) in [5.41, 5.74) is 6.67. The van der Waals surface area contributed by atoms with Crippen molar-refractivity contribution in [2.45, 2.75) is 38.8 Å². The average Bonchev–Trinajstić information content (AvgIpc) is 3.46. The van der Waals surface area contributed by atoms with Crippen LogP contribution in [-0.4, -0.2) is 30.1 Å². The minimum absolute atomic E-state index is 0.126. The number of benzene rings is 3. The Labute approximate surface area is 204 Å². The first-order valence-electron chi connectivity index (χ1n) is 11.8. The summed E-state index contributed by atoms with van der Waals surface area (Å²) in [6, 6.07) is 21.1. The number of hydrogen-bond donors (Lipinski definition) is 1. The van der Waals surface area contributed by atoms with E-state index in [9.17, 15) is 9.50 Å². The maximum absolute atomic E-state index is 14.4. The van der Waals surface area contributed by atoms with Gasteiger partial charge in [0.25, 0.3) is 0 Å². The van der Waals surface area contributed by atoms with Crippen LogP contribution in [0.5, 0.6) is 5.75 Å². The highest BCUT2D eigenvalue weighted by atomic mass is 19.1. The molecule has 1 N–H and O–H groups in total. The van der Waals surface area contributed by atoms with E-state index < -0.39 is 6.23 Å². The first kappa shape index (κ1) is 23.1. The van der Waals surface area contributed by atoms with Crippen LogP contribution in [0.2, 0.25) is 0 Å². The number of hydrogen-bond acceptors (Lipinski definition) is 5. The molecule has 0 spiro atoms. The number of methoxy groups -OCH3 is 1. The molecule has 0 aliphatic carbocycles. The molecule has 2 heterocycles. The summed E-state index contributed by atoms with van der Waals surface area (Å²) < 4.78 is 25.1. The average molecular weight is 473 g/mol. The van der Waals surface area contributed by atoms with Gasteiger partial charge < -0.3 is 19.3 Å². The summed E-state index contributed by atoms with van der Waals surface area (Å²) in [6.45, 7) is 4.65. The van der Waals surface area contributed by atoms with Crippen LogP contribution < -0.4 is 9.64 Å². The second-order valence-electron chi connectivity index (χ2n) is 9.27. The lowest BCUT2D eigenvalue weighted by atomic mass is 9.95.